The maximum atomic E-state index is 13.5. The number of nitrogens with two attached hydrogens (primary N) is 1. The number of halogens is 3. The molecule has 0 aliphatic heterocycles. The first-order valence-electron chi connectivity index (χ1n) is 7.06. The smallest absolute Gasteiger partial charge is 0.262 e. The Balaban J connectivity index is 2.29. The largest absolute Gasteiger partial charge is 0.397 e. The minimum Gasteiger partial charge on any atom is -0.397 e. The molecule has 0 heterocycles. The van der Waals surface area contributed by atoms with Crippen molar-refractivity contribution in [2.45, 2.75) is 51.0 Å². The maximum Gasteiger partial charge on any atom is 0.262 e. The molecule has 2 N–H and O–H groups in total. The molecule has 0 unspecified atom stereocenters. The number of hydrogen-bond donors (Lipinski definition) is 1. The molecule has 112 valence electrons. The molecule has 0 aromatic heterocycles. The maximum absolute atomic E-state index is 13.5. The van der Waals surface area contributed by atoms with Crippen molar-refractivity contribution in [3.63, 3.8) is 0 Å². The van der Waals surface area contributed by atoms with Crippen molar-refractivity contribution >= 4 is 27.3 Å². The zero-order valence-corrected chi connectivity index (χ0v) is 13.3. The van der Waals surface area contributed by atoms with Crippen LogP contribution in [0.3, 0.4) is 0 Å². The Hall–Kier alpha value is -0.840. The summed E-state index contributed by atoms with van der Waals surface area (Å²) in [7, 11) is 0. The second kappa shape index (κ2) is 6.29. The summed E-state index contributed by atoms with van der Waals surface area (Å²) in [5.41, 5.74) is 7.31. The normalized spacial score (nSPS) is 17.2. The number of nitrogens with zero attached hydrogens (tertiary/aromatic N) is 1. The van der Waals surface area contributed by atoms with Gasteiger partial charge in [0.15, 0.2) is 0 Å². The third kappa shape index (κ3) is 4.08. The van der Waals surface area contributed by atoms with Crippen LogP contribution < -0.4 is 10.6 Å². The summed E-state index contributed by atoms with van der Waals surface area (Å²) >= 11 is 3.36. The van der Waals surface area contributed by atoms with Gasteiger partial charge in [0, 0.05) is 17.4 Å². The lowest BCUT2D eigenvalue weighted by atomic mass is 9.93. The number of benzene rings is 1. The van der Waals surface area contributed by atoms with E-state index in [-0.39, 0.29) is 12.6 Å². The van der Waals surface area contributed by atoms with Crippen LogP contribution in [-0.4, -0.2) is 18.5 Å². The van der Waals surface area contributed by atoms with E-state index in [2.05, 4.69) is 15.9 Å². The van der Waals surface area contributed by atoms with Crippen LogP contribution in [-0.2, 0) is 0 Å². The number of nitrogen functional groups attached to an aromatic ring is 1. The molecule has 0 amide bonds. The Morgan fingerprint density at radius 3 is 2.50 bits per heavy atom. The van der Waals surface area contributed by atoms with Crippen LogP contribution >= 0.6 is 15.9 Å². The van der Waals surface area contributed by atoms with Crippen molar-refractivity contribution in [2.24, 2.45) is 0 Å². The Labute approximate surface area is 127 Å². The molecule has 20 heavy (non-hydrogen) atoms. The third-order valence-corrected chi connectivity index (χ3v) is 4.26. The fourth-order valence-corrected chi connectivity index (χ4v) is 3.27. The highest BCUT2D eigenvalue weighted by Gasteiger charge is 2.31. The standard InChI is InChI=1S/C15H21BrF2N2/c1-15(17,18)10-20(12-5-3-2-4-6-12)14-8-7-11(16)9-13(14)19/h7-9,12H,2-6,10,19H2,1H3. The van der Waals surface area contributed by atoms with Gasteiger partial charge >= 0.3 is 0 Å². The summed E-state index contributed by atoms with van der Waals surface area (Å²) in [6, 6.07) is 5.63. The van der Waals surface area contributed by atoms with E-state index in [0.717, 1.165) is 42.8 Å². The fourth-order valence-electron chi connectivity index (χ4n) is 2.89. The first kappa shape index (κ1) is 15.5. The van der Waals surface area contributed by atoms with E-state index in [1.54, 1.807) is 11.0 Å². The third-order valence-electron chi connectivity index (χ3n) is 3.76. The van der Waals surface area contributed by atoms with Gasteiger partial charge in [0.05, 0.1) is 17.9 Å². The van der Waals surface area contributed by atoms with Crippen molar-refractivity contribution in [3.8, 4) is 0 Å². The van der Waals surface area contributed by atoms with Crippen molar-refractivity contribution in [1.82, 2.24) is 0 Å². The second-order valence-electron chi connectivity index (χ2n) is 5.69. The Morgan fingerprint density at radius 2 is 1.95 bits per heavy atom. The molecule has 1 aliphatic carbocycles. The zero-order chi connectivity index (χ0) is 14.8. The minimum absolute atomic E-state index is 0.165. The van der Waals surface area contributed by atoms with Crippen molar-refractivity contribution < 1.29 is 8.78 Å². The van der Waals surface area contributed by atoms with Crippen LogP contribution in [0.25, 0.3) is 0 Å². The highest BCUT2D eigenvalue weighted by atomic mass is 79.9. The molecule has 5 heteroatoms. The van der Waals surface area contributed by atoms with Crippen molar-refractivity contribution in [2.75, 3.05) is 17.2 Å². The van der Waals surface area contributed by atoms with Crippen LogP contribution in [0.15, 0.2) is 22.7 Å². The molecule has 2 nitrogen and oxygen atoms in total. The lowest BCUT2D eigenvalue weighted by Crippen LogP contribution is -2.43. The van der Waals surface area contributed by atoms with E-state index in [1.807, 2.05) is 12.1 Å². The molecular weight excluding hydrogens is 326 g/mol. The average molecular weight is 347 g/mol. The van der Waals surface area contributed by atoms with Crippen molar-refractivity contribution in [1.29, 1.82) is 0 Å². The Kier molecular flexibility index (Phi) is 4.89. The lowest BCUT2D eigenvalue weighted by molar-refractivity contribution is 0.0272. The Bertz CT molecular complexity index is 454. The first-order chi connectivity index (χ1) is 9.37. The van der Waals surface area contributed by atoms with Gasteiger partial charge in [-0.15, -0.1) is 0 Å². The number of hydrogen-bond acceptors (Lipinski definition) is 2. The van der Waals surface area contributed by atoms with Gasteiger partial charge in [-0.3, -0.25) is 0 Å². The highest BCUT2D eigenvalue weighted by Crippen LogP contribution is 2.34. The van der Waals surface area contributed by atoms with Crippen LogP contribution in [0.4, 0.5) is 20.2 Å². The van der Waals surface area contributed by atoms with Gasteiger partial charge in [0.1, 0.15) is 0 Å². The Morgan fingerprint density at radius 1 is 1.30 bits per heavy atom. The van der Waals surface area contributed by atoms with E-state index in [4.69, 9.17) is 5.73 Å². The summed E-state index contributed by atoms with van der Waals surface area (Å²) in [5, 5.41) is 0. The summed E-state index contributed by atoms with van der Waals surface area (Å²) in [5.74, 6) is -2.73. The monoisotopic (exact) mass is 346 g/mol. The number of anilines is 2. The van der Waals surface area contributed by atoms with E-state index in [0.29, 0.717) is 5.69 Å². The van der Waals surface area contributed by atoms with E-state index in [1.165, 1.54) is 6.42 Å². The summed E-state index contributed by atoms with van der Waals surface area (Å²) in [4.78, 5) is 1.81. The van der Waals surface area contributed by atoms with Crippen LogP contribution in [0, 0.1) is 0 Å². The summed E-state index contributed by atoms with van der Waals surface area (Å²) < 4.78 is 27.9. The minimum atomic E-state index is -2.73. The van der Waals surface area contributed by atoms with Gasteiger partial charge < -0.3 is 10.6 Å². The predicted molar refractivity (Wildman–Crippen MR) is 83.4 cm³/mol. The molecule has 0 atom stereocenters. The molecule has 0 bridgehead atoms. The van der Waals surface area contributed by atoms with Gasteiger partial charge in [-0.2, -0.15) is 0 Å². The number of rotatable bonds is 4. The second-order valence-corrected chi connectivity index (χ2v) is 6.61. The quantitative estimate of drug-likeness (QED) is 0.791. The molecule has 1 aromatic rings. The van der Waals surface area contributed by atoms with Crippen LogP contribution in [0.5, 0.6) is 0 Å². The summed E-state index contributed by atoms with van der Waals surface area (Å²) in [6.45, 7) is 0.696. The molecule has 1 saturated carbocycles. The van der Waals surface area contributed by atoms with Gasteiger partial charge in [0.2, 0.25) is 0 Å². The lowest BCUT2D eigenvalue weighted by Gasteiger charge is -2.38. The first-order valence-corrected chi connectivity index (χ1v) is 7.85. The molecule has 0 radical (unpaired) electrons. The highest BCUT2D eigenvalue weighted by molar-refractivity contribution is 9.10. The SMILES string of the molecule is CC(F)(F)CN(c1ccc(Br)cc1N)C1CCCCC1. The molecular formula is C15H21BrF2N2. The van der Waals surface area contributed by atoms with Gasteiger partial charge in [0.25, 0.3) is 5.92 Å². The zero-order valence-electron chi connectivity index (χ0n) is 11.7. The molecule has 0 spiro atoms. The molecule has 0 saturated heterocycles. The van der Waals surface area contributed by atoms with Crippen molar-refractivity contribution in [3.05, 3.63) is 22.7 Å². The topological polar surface area (TPSA) is 29.3 Å². The van der Waals surface area contributed by atoms with Crippen LogP contribution in [0.2, 0.25) is 0 Å². The number of alkyl halides is 2. The van der Waals surface area contributed by atoms with E-state index < -0.39 is 5.92 Å². The van der Waals surface area contributed by atoms with E-state index >= 15 is 0 Å². The van der Waals surface area contributed by atoms with Gasteiger partial charge in [-0.25, -0.2) is 8.78 Å². The fraction of sp³-hybridized carbons (Fsp3) is 0.600. The van der Waals surface area contributed by atoms with Gasteiger partial charge in [-0.1, -0.05) is 35.2 Å². The van der Waals surface area contributed by atoms with E-state index in [9.17, 15) is 8.78 Å². The molecule has 1 aromatic carbocycles. The predicted octanol–water partition coefficient (Wildman–Crippen LogP) is 4.83. The molecule has 2 rings (SSSR count). The molecule has 1 aliphatic rings. The average Bonchev–Trinajstić information content (AvgIpc) is 2.36. The van der Waals surface area contributed by atoms with Gasteiger partial charge in [-0.05, 0) is 31.0 Å². The summed E-state index contributed by atoms with van der Waals surface area (Å²) in [6.07, 6.45) is 5.33. The van der Waals surface area contributed by atoms with Crippen LogP contribution in [0.1, 0.15) is 39.0 Å². The molecule has 1 fully saturated rings.